The Hall–Kier alpha value is -1.16. The lowest BCUT2D eigenvalue weighted by molar-refractivity contribution is -0.111. The maximum atomic E-state index is 10.3. The van der Waals surface area contributed by atoms with Gasteiger partial charge in [-0.25, -0.2) is 4.99 Å². The predicted molar refractivity (Wildman–Crippen MR) is 40.4 cm³/mol. The first-order valence-electron chi connectivity index (χ1n) is 2.33. The van der Waals surface area contributed by atoms with E-state index in [1.807, 2.05) is 0 Å². The second kappa shape index (κ2) is 3.79. The number of nitrogens with zero attached hydrogens (tertiary/aromatic N) is 1. The van der Waals surface area contributed by atoms with Gasteiger partial charge in [0.25, 0.3) is 5.91 Å². The van der Waals surface area contributed by atoms with E-state index in [1.54, 1.807) is 0 Å². The fraction of sp³-hybridized carbons (Fsp3) is 0. The number of carbonyl (C=O) groups excluding carboxylic acids is 1. The Kier molecular flexibility index (Phi) is 3.35. The molecule has 0 heterocycles. The first-order valence-corrected chi connectivity index (χ1v) is 2.70. The van der Waals surface area contributed by atoms with Crippen molar-refractivity contribution in [2.75, 3.05) is 0 Å². The molecule has 0 aliphatic carbocycles. The Labute approximate surface area is 62.9 Å². The maximum Gasteiger partial charge on any atom is 0.267 e. The predicted octanol–water partition coefficient (Wildman–Crippen LogP) is 0.272. The second-order valence-electron chi connectivity index (χ2n) is 1.36. The molecule has 1 amide bonds. The lowest BCUT2D eigenvalue weighted by Crippen LogP contribution is -2.21. The molecule has 0 atom stereocenters. The SMILES string of the molecule is C=C/C(=N\C(=N)Cl)C(N)=O. The summed E-state index contributed by atoms with van der Waals surface area (Å²) in [7, 11) is 0. The number of hydrogen-bond acceptors (Lipinski definition) is 2. The Morgan fingerprint density at radius 3 is 2.40 bits per heavy atom. The van der Waals surface area contributed by atoms with Crippen molar-refractivity contribution in [3.05, 3.63) is 12.7 Å². The number of halogens is 1. The summed E-state index contributed by atoms with van der Waals surface area (Å²) in [6.07, 6.45) is 1.14. The highest BCUT2D eigenvalue weighted by molar-refractivity contribution is 6.66. The third kappa shape index (κ3) is 2.99. The highest BCUT2D eigenvalue weighted by Gasteiger charge is 2.00. The molecule has 0 spiro atoms. The fourth-order valence-electron chi connectivity index (χ4n) is 0.307. The minimum Gasteiger partial charge on any atom is -0.364 e. The third-order valence-corrected chi connectivity index (χ3v) is 0.749. The maximum absolute atomic E-state index is 10.3. The largest absolute Gasteiger partial charge is 0.364 e. The molecule has 0 radical (unpaired) electrons. The number of amidine groups is 1. The minimum absolute atomic E-state index is 0.111. The van der Waals surface area contributed by atoms with E-state index in [0.29, 0.717) is 0 Å². The summed E-state index contributed by atoms with van der Waals surface area (Å²) in [5.74, 6) is -0.750. The first kappa shape index (κ1) is 8.84. The number of amides is 1. The van der Waals surface area contributed by atoms with Crippen molar-refractivity contribution in [1.82, 2.24) is 0 Å². The smallest absolute Gasteiger partial charge is 0.267 e. The van der Waals surface area contributed by atoms with Gasteiger partial charge in [0.15, 0.2) is 0 Å². The van der Waals surface area contributed by atoms with Crippen LogP contribution in [0.1, 0.15) is 0 Å². The molecule has 0 bridgehead atoms. The fourth-order valence-corrected chi connectivity index (χ4v) is 0.398. The van der Waals surface area contributed by atoms with Crippen molar-refractivity contribution in [3.63, 3.8) is 0 Å². The number of aliphatic imine (C=N–C) groups is 1. The van der Waals surface area contributed by atoms with Crippen LogP contribution in [0.3, 0.4) is 0 Å². The Morgan fingerprint density at radius 1 is 1.80 bits per heavy atom. The van der Waals surface area contributed by atoms with Crippen molar-refractivity contribution < 1.29 is 4.79 Å². The van der Waals surface area contributed by atoms with Crippen molar-refractivity contribution in [2.45, 2.75) is 0 Å². The molecule has 0 unspecified atom stereocenters. The van der Waals surface area contributed by atoms with E-state index >= 15 is 0 Å². The van der Waals surface area contributed by atoms with Gasteiger partial charge >= 0.3 is 0 Å². The number of nitrogens with two attached hydrogens (primary N) is 1. The molecular weight excluding hydrogens is 154 g/mol. The molecule has 3 N–H and O–H groups in total. The van der Waals surface area contributed by atoms with Gasteiger partial charge in [0.2, 0.25) is 5.29 Å². The zero-order chi connectivity index (χ0) is 8.15. The molecule has 54 valence electrons. The van der Waals surface area contributed by atoms with E-state index in [-0.39, 0.29) is 5.71 Å². The van der Waals surface area contributed by atoms with Gasteiger partial charge in [0, 0.05) is 0 Å². The molecule has 0 aromatic heterocycles. The minimum atomic E-state index is -0.750. The summed E-state index contributed by atoms with van der Waals surface area (Å²) in [6.45, 7) is 3.25. The molecule has 0 saturated heterocycles. The zero-order valence-electron chi connectivity index (χ0n) is 5.10. The van der Waals surface area contributed by atoms with Gasteiger partial charge in [-0.1, -0.05) is 6.58 Å². The summed E-state index contributed by atoms with van der Waals surface area (Å²) in [4.78, 5) is 13.6. The van der Waals surface area contributed by atoms with Crippen molar-refractivity contribution >= 4 is 28.5 Å². The monoisotopic (exact) mass is 159 g/mol. The van der Waals surface area contributed by atoms with Gasteiger partial charge in [-0.15, -0.1) is 0 Å². The summed E-state index contributed by atoms with van der Waals surface area (Å²) in [5.41, 5.74) is 4.69. The van der Waals surface area contributed by atoms with Crippen LogP contribution in [0.5, 0.6) is 0 Å². The highest BCUT2D eigenvalue weighted by atomic mass is 35.5. The summed E-state index contributed by atoms with van der Waals surface area (Å²) < 4.78 is 0. The molecule has 0 aliphatic heterocycles. The number of hydrogen-bond donors (Lipinski definition) is 2. The highest BCUT2D eigenvalue weighted by Crippen LogP contribution is 1.86. The molecule has 0 aliphatic rings. The number of rotatable bonds is 2. The van der Waals surface area contributed by atoms with Crippen molar-refractivity contribution in [3.8, 4) is 0 Å². The Bertz CT molecular complexity index is 209. The number of nitrogens with one attached hydrogen (secondary N) is 1. The van der Waals surface area contributed by atoms with Gasteiger partial charge in [0.05, 0.1) is 0 Å². The molecule has 0 aromatic rings. The molecule has 10 heavy (non-hydrogen) atoms. The molecule has 4 nitrogen and oxygen atoms in total. The Balaban J connectivity index is 4.49. The number of carbonyl (C=O) groups is 1. The lowest BCUT2D eigenvalue weighted by Gasteiger charge is -1.89. The van der Waals surface area contributed by atoms with Gasteiger partial charge < -0.3 is 5.73 Å². The molecule has 0 rings (SSSR count). The van der Waals surface area contributed by atoms with Crippen LogP contribution in [0.4, 0.5) is 0 Å². The van der Waals surface area contributed by atoms with E-state index < -0.39 is 11.2 Å². The summed E-state index contributed by atoms with van der Waals surface area (Å²) >= 11 is 5.04. The van der Waals surface area contributed by atoms with Crippen LogP contribution in [-0.2, 0) is 4.79 Å². The van der Waals surface area contributed by atoms with Crippen LogP contribution in [-0.4, -0.2) is 16.9 Å². The van der Waals surface area contributed by atoms with E-state index in [2.05, 4.69) is 11.6 Å². The molecule has 5 heteroatoms. The van der Waals surface area contributed by atoms with Gasteiger partial charge in [-0.3, -0.25) is 10.2 Å². The third-order valence-electron chi connectivity index (χ3n) is 0.664. The van der Waals surface area contributed by atoms with Crippen molar-refractivity contribution in [1.29, 1.82) is 5.41 Å². The molecular formula is C5H6ClN3O. The van der Waals surface area contributed by atoms with Gasteiger partial charge in [-0.2, -0.15) is 0 Å². The van der Waals surface area contributed by atoms with E-state index in [0.717, 1.165) is 6.08 Å². The van der Waals surface area contributed by atoms with Crippen LogP contribution in [0, 0.1) is 5.41 Å². The van der Waals surface area contributed by atoms with Crippen LogP contribution in [0.2, 0.25) is 0 Å². The van der Waals surface area contributed by atoms with Crippen molar-refractivity contribution in [2.24, 2.45) is 10.7 Å². The summed E-state index contributed by atoms with van der Waals surface area (Å²) in [5, 5.41) is 6.15. The lowest BCUT2D eigenvalue weighted by atomic mass is 10.3. The van der Waals surface area contributed by atoms with Crippen LogP contribution in [0.25, 0.3) is 0 Å². The standard InChI is InChI=1S/C5H6ClN3O/c1-2-3(4(7)10)9-5(6)8/h2,8H,1H2,(H2,7,10)/b8-5?,9-3+. The molecule has 0 fully saturated rings. The summed E-state index contributed by atoms with van der Waals surface area (Å²) in [6, 6.07) is 0. The van der Waals surface area contributed by atoms with E-state index in [4.69, 9.17) is 22.7 Å². The second-order valence-corrected chi connectivity index (χ2v) is 1.71. The topological polar surface area (TPSA) is 79.3 Å². The zero-order valence-corrected chi connectivity index (χ0v) is 5.85. The average molecular weight is 160 g/mol. The van der Waals surface area contributed by atoms with Gasteiger partial charge in [-0.05, 0) is 17.7 Å². The van der Waals surface area contributed by atoms with Crippen LogP contribution < -0.4 is 5.73 Å². The number of primary amides is 1. The molecule has 0 aromatic carbocycles. The van der Waals surface area contributed by atoms with E-state index in [1.165, 1.54) is 0 Å². The van der Waals surface area contributed by atoms with Gasteiger partial charge in [0.1, 0.15) is 5.71 Å². The Morgan fingerprint density at radius 2 is 2.30 bits per heavy atom. The van der Waals surface area contributed by atoms with Crippen LogP contribution >= 0.6 is 11.6 Å². The first-order chi connectivity index (χ1) is 4.57. The molecule has 0 saturated carbocycles. The quantitative estimate of drug-likeness (QED) is 0.339. The normalized spacial score (nSPS) is 10.7. The average Bonchev–Trinajstić information content (AvgIpc) is 1.81. The van der Waals surface area contributed by atoms with Crippen LogP contribution in [0.15, 0.2) is 17.6 Å². The van der Waals surface area contributed by atoms with E-state index in [9.17, 15) is 4.79 Å².